The van der Waals surface area contributed by atoms with E-state index in [-0.39, 0.29) is 11.8 Å². The van der Waals surface area contributed by atoms with E-state index in [1.807, 2.05) is 71.6 Å². The number of carbonyl (C=O) groups is 1. The minimum absolute atomic E-state index is 0.0137. The van der Waals surface area contributed by atoms with Crippen molar-refractivity contribution < 1.29 is 9.32 Å². The molecule has 1 aliphatic heterocycles. The lowest BCUT2D eigenvalue weighted by atomic mass is 9.98. The zero-order valence-electron chi connectivity index (χ0n) is 15.0. The van der Waals surface area contributed by atoms with Gasteiger partial charge in [-0.25, -0.2) is 0 Å². The van der Waals surface area contributed by atoms with Gasteiger partial charge in [-0.15, -0.1) is 0 Å². The molecule has 5 rings (SSSR count). The number of aromatic nitrogens is 4. The minimum atomic E-state index is 0.0137. The first-order chi connectivity index (χ1) is 13.8. The molecule has 4 heterocycles. The highest BCUT2D eigenvalue weighted by Gasteiger charge is 2.36. The Morgan fingerprint density at radius 2 is 1.79 bits per heavy atom. The van der Waals surface area contributed by atoms with Crippen LogP contribution in [0.25, 0.3) is 17.2 Å². The van der Waals surface area contributed by atoms with Gasteiger partial charge in [-0.05, 0) is 48.5 Å². The van der Waals surface area contributed by atoms with Crippen LogP contribution in [0, 0.1) is 0 Å². The topological polar surface area (TPSA) is 77.1 Å². The van der Waals surface area contributed by atoms with Crippen LogP contribution in [-0.2, 0) is 0 Å². The normalized spacial score (nSPS) is 14.1. The van der Waals surface area contributed by atoms with Crippen molar-refractivity contribution in [3.8, 4) is 17.2 Å². The molecule has 0 N–H and O–H groups in total. The van der Waals surface area contributed by atoms with Crippen molar-refractivity contribution in [3.05, 3.63) is 84.6 Å². The highest BCUT2D eigenvalue weighted by atomic mass is 16.5. The summed E-state index contributed by atoms with van der Waals surface area (Å²) in [6, 6.07) is 17.1. The Morgan fingerprint density at radius 1 is 1.00 bits per heavy atom. The van der Waals surface area contributed by atoms with E-state index >= 15 is 0 Å². The van der Waals surface area contributed by atoms with Crippen molar-refractivity contribution in [2.45, 2.75) is 5.92 Å². The van der Waals surface area contributed by atoms with Crippen LogP contribution in [-0.4, -0.2) is 43.6 Å². The quantitative estimate of drug-likeness (QED) is 0.551. The van der Waals surface area contributed by atoms with Gasteiger partial charge in [-0.3, -0.25) is 9.78 Å². The Kier molecular flexibility index (Phi) is 3.97. The average molecular weight is 371 g/mol. The molecule has 7 nitrogen and oxygen atoms in total. The maximum atomic E-state index is 12.7. The van der Waals surface area contributed by atoms with Crippen molar-refractivity contribution in [1.29, 1.82) is 0 Å². The number of benzene rings is 1. The Hall–Kier alpha value is -3.74. The smallest absolute Gasteiger partial charge is 0.253 e. The maximum Gasteiger partial charge on any atom is 0.253 e. The fourth-order valence-corrected chi connectivity index (χ4v) is 3.27. The minimum Gasteiger partial charge on any atom is -0.338 e. The number of likely N-dealkylation sites (tertiary alicyclic amines) is 1. The third-order valence-electron chi connectivity index (χ3n) is 4.87. The van der Waals surface area contributed by atoms with E-state index in [1.54, 1.807) is 11.1 Å². The number of hydrogen-bond acceptors (Lipinski definition) is 5. The van der Waals surface area contributed by atoms with Crippen LogP contribution in [0.5, 0.6) is 0 Å². The molecule has 0 atom stereocenters. The van der Waals surface area contributed by atoms with Gasteiger partial charge in [0.25, 0.3) is 5.91 Å². The molecule has 3 aromatic heterocycles. The first-order valence-electron chi connectivity index (χ1n) is 9.05. The zero-order chi connectivity index (χ0) is 18.9. The third-order valence-corrected chi connectivity index (χ3v) is 4.87. The van der Waals surface area contributed by atoms with Crippen LogP contribution in [0.2, 0.25) is 0 Å². The molecule has 138 valence electrons. The lowest BCUT2D eigenvalue weighted by molar-refractivity contribution is 0.0569. The monoisotopic (exact) mass is 371 g/mol. The first kappa shape index (κ1) is 16.4. The number of rotatable bonds is 4. The van der Waals surface area contributed by atoms with E-state index in [0.29, 0.717) is 36.1 Å². The fourth-order valence-electron chi connectivity index (χ4n) is 3.27. The number of carbonyl (C=O) groups excluding carboxylic acids is 1. The van der Waals surface area contributed by atoms with E-state index in [0.717, 1.165) is 5.69 Å². The molecule has 0 radical (unpaired) electrons. The van der Waals surface area contributed by atoms with Gasteiger partial charge in [0.1, 0.15) is 5.69 Å². The Morgan fingerprint density at radius 3 is 2.50 bits per heavy atom. The number of nitrogens with zero attached hydrogens (tertiary/aromatic N) is 5. The van der Waals surface area contributed by atoms with Gasteiger partial charge >= 0.3 is 0 Å². The summed E-state index contributed by atoms with van der Waals surface area (Å²) in [5.41, 5.74) is 2.37. The first-order valence-corrected chi connectivity index (χ1v) is 9.05. The van der Waals surface area contributed by atoms with Gasteiger partial charge in [0.15, 0.2) is 0 Å². The summed E-state index contributed by atoms with van der Waals surface area (Å²) in [7, 11) is 0. The van der Waals surface area contributed by atoms with E-state index in [9.17, 15) is 4.79 Å². The van der Waals surface area contributed by atoms with E-state index < -0.39 is 0 Å². The highest BCUT2D eigenvalue weighted by Crippen LogP contribution is 2.28. The second-order valence-electron chi connectivity index (χ2n) is 6.72. The molecule has 1 aliphatic rings. The zero-order valence-corrected chi connectivity index (χ0v) is 15.0. The summed E-state index contributed by atoms with van der Waals surface area (Å²) in [6.07, 6.45) is 5.64. The Balaban J connectivity index is 1.23. The Bertz CT molecular complexity index is 1080. The second kappa shape index (κ2) is 6.77. The Labute approximate surface area is 161 Å². The van der Waals surface area contributed by atoms with Gasteiger partial charge < -0.3 is 14.0 Å². The molecule has 28 heavy (non-hydrogen) atoms. The van der Waals surface area contributed by atoms with Crippen molar-refractivity contribution >= 4 is 5.91 Å². The van der Waals surface area contributed by atoms with Crippen molar-refractivity contribution in [3.63, 3.8) is 0 Å². The summed E-state index contributed by atoms with van der Waals surface area (Å²) in [6.45, 7) is 1.14. The van der Waals surface area contributed by atoms with Crippen LogP contribution in [0.3, 0.4) is 0 Å². The molecule has 0 aliphatic carbocycles. The molecule has 0 unspecified atom stereocenters. The SMILES string of the molecule is O=C(c1ccc(-n2cccc2)cc1)N1CC(c2nc(-c3ccccn3)no2)C1. The van der Waals surface area contributed by atoms with Crippen LogP contribution in [0.1, 0.15) is 22.2 Å². The molecule has 1 aromatic carbocycles. The van der Waals surface area contributed by atoms with E-state index in [2.05, 4.69) is 15.1 Å². The molecule has 0 spiro atoms. The van der Waals surface area contributed by atoms with Crippen molar-refractivity contribution in [2.75, 3.05) is 13.1 Å². The maximum absolute atomic E-state index is 12.7. The number of pyridine rings is 1. The molecule has 1 fully saturated rings. The van der Waals surface area contributed by atoms with Gasteiger partial charge in [-0.2, -0.15) is 4.98 Å². The predicted octanol–water partition coefficient (Wildman–Crippen LogP) is 3.16. The summed E-state index contributed by atoms with van der Waals surface area (Å²) in [5.74, 6) is 1.10. The molecule has 4 aromatic rings. The van der Waals surface area contributed by atoms with Crippen molar-refractivity contribution in [2.24, 2.45) is 0 Å². The van der Waals surface area contributed by atoms with Crippen LogP contribution < -0.4 is 0 Å². The molecular weight excluding hydrogens is 354 g/mol. The van der Waals surface area contributed by atoms with Gasteiger partial charge in [0.05, 0.1) is 5.92 Å². The van der Waals surface area contributed by atoms with Crippen LogP contribution in [0.4, 0.5) is 0 Å². The summed E-state index contributed by atoms with van der Waals surface area (Å²) in [5, 5.41) is 4.00. The average Bonchev–Trinajstić information content (AvgIpc) is 3.40. The second-order valence-corrected chi connectivity index (χ2v) is 6.72. The lowest BCUT2D eigenvalue weighted by Crippen LogP contribution is -2.48. The van der Waals surface area contributed by atoms with Crippen molar-refractivity contribution in [1.82, 2.24) is 24.6 Å². The number of hydrogen-bond donors (Lipinski definition) is 0. The molecule has 1 saturated heterocycles. The standard InChI is InChI=1S/C21H17N5O2/c27-21(15-6-8-17(9-7-15)25-11-3-4-12-25)26-13-16(14-26)20-23-19(24-28-20)18-5-1-2-10-22-18/h1-12,16H,13-14H2. The van der Waals surface area contributed by atoms with E-state index in [4.69, 9.17) is 4.52 Å². The number of amides is 1. The fraction of sp³-hybridized carbons (Fsp3) is 0.143. The largest absolute Gasteiger partial charge is 0.338 e. The molecule has 7 heteroatoms. The van der Waals surface area contributed by atoms with Crippen LogP contribution >= 0.6 is 0 Å². The summed E-state index contributed by atoms with van der Waals surface area (Å²) >= 11 is 0. The molecule has 1 amide bonds. The lowest BCUT2D eigenvalue weighted by Gasteiger charge is -2.37. The molecule has 0 saturated carbocycles. The van der Waals surface area contributed by atoms with Gasteiger partial charge in [0.2, 0.25) is 11.7 Å². The van der Waals surface area contributed by atoms with Gasteiger partial charge in [0, 0.05) is 42.9 Å². The van der Waals surface area contributed by atoms with Crippen LogP contribution in [0.15, 0.2) is 77.7 Å². The highest BCUT2D eigenvalue weighted by molar-refractivity contribution is 5.95. The summed E-state index contributed by atoms with van der Waals surface area (Å²) in [4.78, 5) is 23.1. The molecular formula is C21H17N5O2. The predicted molar refractivity (Wildman–Crippen MR) is 102 cm³/mol. The molecule has 0 bridgehead atoms. The van der Waals surface area contributed by atoms with E-state index in [1.165, 1.54) is 0 Å². The van der Waals surface area contributed by atoms with Gasteiger partial charge in [-0.1, -0.05) is 11.2 Å². The third kappa shape index (κ3) is 2.96. The summed E-state index contributed by atoms with van der Waals surface area (Å²) < 4.78 is 7.37.